The van der Waals surface area contributed by atoms with Gasteiger partial charge in [-0.15, -0.1) is 0 Å². The lowest BCUT2D eigenvalue weighted by molar-refractivity contribution is -0.140. The van der Waals surface area contributed by atoms with Crippen LogP contribution in [0.15, 0.2) is 102 Å². The van der Waals surface area contributed by atoms with Crippen molar-refractivity contribution in [3.05, 3.63) is 129 Å². The maximum absolute atomic E-state index is 14.6. The molecule has 1 saturated carbocycles. The SMILES string of the molecule is O=C(NC1CCCC1)[C@@H](Cc1ccccc1)N(Cc1ccc(Cl)cc1Cl)C(=O)CN(c1ccc(Cl)c(C(F)(F)F)c1)S(=O)(=O)c1ccccc1. The predicted octanol–water partition coefficient (Wildman–Crippen LogP) is 8.56. The van der Waals surface area contributed by atoms with E-state index in [0.717, 1.165) is 43.4 Å². The van der Waals surface area contributed by atoms with E-state index in [2.05, 4.69) is 5.32 Å². The lowest BCUT2D eigenvalue weighted by Gasteiger charge is -2.34. The number of sulfonamides is 1. The van der Waals surface area contributed by atoms with Crippen molar-refractivity contribution < 1.29 is 31.2 Å². The third kappa shape index (κ3) is 9.11. The Morgan fingerprint density at radius 2 is 1.48 bits per heavy atom. The highest BCUT2D eigenvalue weighted by Crippen LogP contribution is 2.38. The molecular weight excluding hydrogens is 734 g/mol. The fraction of sp³-hybridized carbons (Fsp3) is 0.278. The zero-order valence-electron chi connectivity index (χ0n) is 26.5. The van der Waals surface area contributed by atoms with Gasteiger partial charge in [0.25, 0.3) is 10.0 Å². The normalized spacial score (nSPS) is 14.3. The first-order valence-electron chi connectivity index (χ1n) is 15.8. The second-order valence-corrected chi connectivity index (χ2v) is 15.1. The lowest BCUT2D eigenvalue weighted by atomic mass is 10.0. The number of carbonyl (C=O) groups excluding carboxylic acids is 2. The van der Waals surface area contributed by atoms with E-state index in [-0.39, 0.29) is 28.9 Å². The summed E-state index contributed by atoms with van der Waals surface area (Å²) in [6.45, 7) is -1.19. The van der Waals surface area contributed by atoms with E-state index in [0.29, 0.717) is 21.0 Å². The highest BCUT2D eigenvalue weighted by atomic mass is 35.5. The molecule has 0 saturated heterocycles. The van der Waals surface area contributed by atoms with Crippen LogP contribution in [0.1, 0.15) is 42.4 Å². The number of anilines is 1. The van der Waals surface area contributed by atoms with Crippen LogP contribution in [0, 0.1) is 0 Å². The molecule has 0 unspecified atom stereocenters. The summed E-state index contributed by atoms with van der Waals surface area (Å²) in [7, 11) is -4.64. The predicted molar refractivity (Wildman–Crippen MR) is 189 cm³/mol. The number of benzene rings is 4. The molecule has 0 aromatic heterocycles. The van der Waals surface area contributed by atoms with Gasteiger partial charge in [0.15, 0.2) is 0 Å². The van der Waals surface area contributed by atoms with Crippen molar-refractivity contribution in [3.8, 4) is 0 Å². The molecule has 2 amide bonds. The largest absolute Gasteiger partial charge is 0.417 e. The fourth-order valence-electron chi connectivity index (χ4n) is 5.89. The molecule has 0 spiro atoms. The molecule has 7 nitrogen and oxygen atoms in total. The highest BCUT2D eigenvalue weighted by Gasteiger charge is 2.38. The Balaban J connectivity index is 1.62. The van der Waals surface area contributed by atoms with Gasteiger partial charge in [-0.3, -0.25) is 13.9 Å². The van der Waals surface area contributed by atoms with Gasteiger partial charge in [0.05, 0.1) is 21.2 Å². The van der Waals surface area contributed by atoms with Gasteiger partial charge < -0.3 is 10.2 Å². The van der Waals surface area contributed by atoms with Crippen LogP contribution >= 0.6 is 34.8 Å². The fourth-order valence-corrected chi connectivity index (χ4v) is 8.01. The van der Waals surface area contributed by atoms with Gasteiger partial charge in [0, 0.05) is 29.1 Å². The first kappa shape index (κ1) is 37.5. The van der Waals surface area contributed by atoms with Crippen LogP contribution in [0.2, 0.25) is 15.1 Å². The van der Waals surface area contributed by atoms with E-state index in [1.165, 1.54) is 35.2 Å². The van der Waals surface area contributed by atoms with Crippen LogP contribution in [-0.2, 0) is 38.8 Å². The van der Waals surface area contributed by atoms with Crippen molar-refractivity contribution in [3.63, 3.8) is 0 Å². The molecule has 5 rings (SSSR count). The number of hydrogen-bond donors (Lipinski definition) is 1. The van der Waals surface area contributed by atoms with Gasteiger partial charge in [-0.25, -0.2) is 8.42 Å². The van der Waals surface area contributed by atoms with E-state index in [9.17, 15) is 31.2 Å². The summed E-state index contributed by atoms with van der Waals surface area (Å²) in [5.41, 5.74) is -0.585. The van der Waals surface area contributed by atoms with Gasteiger partial charge in [0.2, 0.25) is 11.8 Å². The molecule has 50 heavy (non-hydrogen) atoms. The molecule has 14 heteroatoms. The Morgan fingerprint density at radius 3 is 2.10 bits per heavy atom. The minimum Gasteiger partial charge on any atom is -0.352 e. The van der Waals surface area contributed by atoms with Gasteiger partial charge in [-0.05, 0) is 66.4 Å². The number of nitrogens with zero attached hydrogens (tertiary/aromatic N) is 2. The number of halogens is 6. The summed E-state index contributed by atoms with van der Waals surface area (Å²) in [6, 6.07) is 22.0. The van der Waals surface area contributed by atoms with E-state index < -0.39 is 56.9 Å². The van der Waals surface area contributed by atoms with Crippen molar-refractivity contribution in [1.29, 1.82) is 0 Å². The van der Waals surface area contributed by atoms with Crippen LogP contribution in [0.5, 0.6) is 0 Å². The molecule has 1 aliphatic carbocycles. The van der Waals surface area contributed by atoms with Gasteiger partial charge in [0.1, 0.15) is 12.6 Å². The third-order valence-electron chi connectivity index (χ3n) is 8.48. The molecule has 0 bridgehead atoms. The molecule has 4 aromatic rings. The molecule has 0 radical (unpaired) electrons. The van der Waals surface area contributed by atoms with Crippen molar-refractivity contribution >= 4 is 62.3 Å². The average molecular weight is 767 g/mol. The quantitative estimate of drug-likeness (QED) is 0.157. The van der Waals surface area contributed by atoms with Gasteiger partial charge in [-0.2, -0.15) is 13.2 Å². The summed E-state index contributed by atoms with van der Waals surface area (Å²) >= 11 is 18.6. The zero-order valence-corrected chi connectivity index (χ0v) is 29.6. The number of carbonyl (C=O) groups is 2. The van der Waals surface area contributed by atoms with Crippen molar-refractivity contribution in [2.24, 2.45) is 0 Å². The topological polar surface area (TPSA) is 86.8 Å². The first-order chi connectivity index (χ1) is 23.7. The Bertz CT molecular complexity index is 1930. The minimum absolute atomic E-state index is 0.0565. The number of hydrogen-bond acceptors (Lipinski definition) is 4. The molecule has 0 heterocycles. The van der Waals surface area contributed by atoms with Crippen LogP contribution in [0.4, 0.5) is 18.9 Å². The van der Waals surface area contributed by atoms with Gasteiger partial charge in [-0.1, -0.05) is 102 Å². The number of alkyl halides is 3. The van der Waals surface area contributed by atoms with E-state index in [1.54, 1.807) is 48.5 Å². The Morgan fingerprint density at radius 1 is 0.840 bits per heavy atom. The average Bonchev–Trinajstić information content (AvgIpc) is 3.59. The Hall–Kier alpha value is -3.77. The maximum atomic E-state index is 14.6. The van der Waals surface area contributed by atoms with Crippen LogP contribution in [0.3, 0.4) is 0 Å². The van der Waals surface area contributed by atoms with Crippen molar-refractivity contribution in [2.45, 2.75) is 61.8 Å². The summed E-state index contributed by atoms with van der Waals surface area (Å²) in [5.74, 6) is -1.32. The van der Waals surface area contributed by atoms with Gasteiger partial charge >= 0.3 is 6.18 Å². The zero-order chi connectivity index (χ0) is 36.1. The molecular formula is C36H33Cl3F3N3O4S. The number of nitrogens with one attached hydrogen (secondary N) is 1. The number of rotatable bonds is 12. The van der Waals surface area contributed by atoms with Crippen molar-refractivity contribution in [1.82, 2.24) is 10.2 Å². The summed E-state index contributed by atoms with van der Waals surface area (Å²) < 4.78 is 70.8. The monoisotopic (exact) mass is 765 g/mol. The molecule has 0 aliphatic heterocycles. The standard InChI is InChI=1S/C36H33Cl3F3N3O4S/c37-26-16-15-25(32(39)20-26)22-44(33(19-24-9-3-1-4-10-24)35(47)43-27-11-7-8-12-27)34(46)23-45(50(48,49)29-13-5-2-6-14-29)28-17-18-31(38)30(21-28)36(40,41)42/h1-6,9-10,13-18,20-21,27,33H,7-8,11-12,19,22-23H2,(H,43,47)/t33-/m1/s1. The summed E-state index contributed by atoms with van der Waals surface area (Å²) in [6.07, 6.45) is -1.46. The molecule has 1 aliphatic rings. The van der Waals surface area contributed by atoms with E-state index in [4.69, 9.17) is 34.8 Å². The lowest BCUT2D eigenvalue weighted by Crippen LogP contribution is -2.54. The number of amides is 2. The second-order valence-electron chi connectivity index (χ2n) is 11.9. The van der Waals surface area contributed by atoms with Crippen molar-refractivity contribution in [2.75, 3.05) is 10.8 Å². The Labute approximate surface area is 304 Å². The first-order valence-corrected chi connectivity index (χ1v) is 18.3. The third-order valence-corrected chi connectivity index (χ3v) is 11.2. The summed E-state index contributed by atoms with van der Waals surface area (Å²) in [4.78, 5) is 29.7. The van der Waals surface area contributed by atoms with E-state index in [1.807, 2.05) is 0 Å². The molecule has 1 N–H and O–H groups in total. The minimum atomic E-state index is -4.92. The molecule has 4 aromatic carbocycles. The van der Waals surface area contributed by atoms with Crippen LogP contribution < -0.4 is 9.62 Å². The smallest absolute Gasteiger partial charge is 0.352 e. The second kappa shape index (κ2) is 16.1. The molecule has 264 valence electrons. The summed E-state index contributed by atoms with van der Waals surface area (Å²) in [5, 5.41) is 2.95. The highest BCUT2D eigenvalue weighted by molar-refractivity contribution is 7.92. The van der Waals surface area contributed by atoms with E-state index >= 15 is 0 Å². The van der Waals surface area contributed by atoms with Crippen LogP contribution in [-0.4, -0.2) is 43.8 Å². The Kier molecular flexibility index (Phi) is 12.0. The van der Waals surface area contributed by atoms with Crippen LogP contribution in [0.25, 0.3) is 0 Å². The molecule has 1 fully saturated rings. The molecule has 1 atom stereocenters. The maximum Gasteiger partial charge on any atom is 0.417 e.